The molecule has 0 aromatic heterocycles. The maximum Gasteiger partial charge on any atom is 0.329 e. The third-order valence-corrected chi connectivity index (χ3v) is 15.2. The quantitative estimate of drug-likeness (QED) is 0.0243. The van der Waals surface area contributed by atoms with E-state index >= 15 is 0 Å². The molecule has 0 saturated heterocycles. The number of ether oxygens (including phenoxy) is 2. The maximum absolute atomic E-state index is 13.5. The number of thioether (sulfide) groups is 2. The lowest BCUT2D eigenvalue weighted by Gasteiger charge is -2.36. The lowest BCUT2D eigenvalue weighted by Crippen LogP contribution is -2.49. The van der Waals surface area contributed by atoms with E-state index in [9.17, 15) is 45.6 Å². The molecular formula is C56H80N4O14S4. The zero-order valence-electron chi connectivity index (χ0n) is 46.9. The van der Waals surface area contributed by atoms with E-state index < -0.39 is 90.9 Å². The predicted octanol–water partition coefficient (Wildman–Crippen LogP) is 8.62. The van der Waals surface area contributed by atoms with E-state index in [1.165, 1.54) is 23.5 Å². The van der Waals surface area contributed by atoms with Gasteiger partial charge in [0.2, 0.25) is 0 Å². The van der Waals surface area contributed by atoms with Gasteiger partial charge in [0, 0.05) is 25.9 Å². The number of hydrogen-bond donors (Lipinski definition) is 6. The van der Waals surface area contributed by atoms with Crippen molar-refractivity contribution in [3.05, 3.63) is 130 Å². The highest BCUT2D eigenvalue weighted by Crippen LogP contribution is 2.42. The number of allylic oxidation sites excluding steroid dienone is 20. The van der Waals surface area contributed by atoms with Gasteiger partial charge in [-0.25, -0.2) is 19.2 Å². The molecule has 2 aliphatic carbocycles. The Morgan fingerprint density at radius 1 is 0.590 bits per heavy atom. The lowest BCUT2D eigenvalue weighted by atomic mass is 9.71. The standard InChI is InChI=1S/C56H80N4O14S4/c1-37(19-15-21-39(3)23-25-43-41(5)49(61)47(35-55(43,7)8)73-51(63)45(27-31-75-11)59-53(65)57-29-33-77(67,68)69)17-13-14-18-38(2)20-16-22-40(4)24-26-44-42(6)50(62)48(36-56(44,9)10)74-52(64)46(28-32-76-12)60-54(66)58-30-34-78(70,71)72/h13-26,45-48H,27-36H2,1-12H3,(H2,57,59,65)(H2,58,60,66)(H,67,68,69)(H,70,71,72). The van der Waals surface area contributed by atoms with E-state index in [2.05, 4.69) is 21.3 Å². The first-order valence-electron chi connectivity index (χ1n) is 25.3. The SMILES string of the molecule is CSCCC(NC(=O)NCCS(=O)(=O)O)C(=O)OC1CC(C)(C)C(C=CC(C)=CC=CC(C)=CC=CC=C(C)C=CC=C(C)C=CC2=C(C)C(=O)C(OC(=O)C(CCSC)NC(=O)NCCS(=O)(=O)O)CC2(C)C)=C(C)C1=O. The van der Waals surface area contributed by atoms with Crippen LogP contribution in [0, 0.1) is 10.8 Å². The van der Waals surface area contributed by atoms with Crippen LogP contribution in [0.1, 0.15) is 94.9 Å². The molecule has 78 heavy (non-hydrogen) atoms. The molecular weight excluding hydrogens is 1080 g/mol. The highest BCUT2D eigenvalue weighted by atomic mass is 32.2. The first-order valence-corrected chi connectivity index (χ1v) is 31.3. The van der Waals surface area contributed by atoms with Crippen molar-refractivity contribution >= 4 is 79.3 Å². The van der Waals surface area contributed by atoms with Crippen LogP contribution in [-0.2, 0) is 48.9 Å². The Kier molecular flexibility index (Phi) is 28.6. The van der Waals surface area contributed by atoms with Crippen LogP contribution in [0.25, 0.3) is 0 Å². The molecule has 4 unspecified atom stereocenters. The summed E-state index contributed by atoms with van der Waals surface area (Å²) in [5.74, 6) is -2.59. The number of ketones is 2. The van der Waals surface area contributed by atoms with Gasteiger partial charge in [-0.2, -0.15) is 40.4 Å². The molecule has 4 amide bonds. The summed E-state index contributed by atoms with van der Waals surface area (Å²) in [4.78, 5) is 78.3. The lowest BCUT2D eigenvalue weighted by molar-refractivity contribution is -0.158. The Balaban J connectivity index is 2.03. The van der Waals surface area contributed by atoms with E-state index in [0.717, 1.165) is 33.4 Å². The van der Waals surface area contributed by atoms with Gasteiger partial charge in [-0.05, 0) is 112 Å². The minimum atomic E-state index is -4.29. The highest BCUT2D eigenvalue weighted by molar-refractivity contribution is 7.98. The number of Topliss-reactive ketones (excluding diaryl/α,β-unsaturated/α-hetero) is 2. The average Bonchev–Trinajstić information content (AvgIpc) is 3.32. The van der Waals surface area contributed by atoms with Crippen molar-refractivity contribution in [3.8, 4) is 0 Å². The summed E-state index contributed by atoms with van der Waals surface area (Å²) in [6.45, 7) is 18.4. The first kappa shape index (κ1) is 68.6. The molecule has 0 saturated carbocycles. The van der Waals surface area contributed by atoms with Gasteiger partial charge in [-0.1, -0.05) is 135 Å². The van der Waals surface area contributed by atoms with Gasteiger partial charge in [-0.3, -0.25) is 18.7 Å². The number of nitrogens with one attached hydrogen (secondary N) is 4. The number of urea groups is 2. The van der Waals surface area contributed by atoms with E-state index in [1.54, 1.807) is 13.8 Å². The van der Waals surface area contributed by atoms with Crippen LogP contribution in [0.15, 0.2) is 130 Å². The van der Waals surface area contributed by atoms with Crippen LogP contribution in [0.3, 0.4) is 0 Å². The zero-order valence-corrected chi connectivity index (χ0v) is 50.2. The largest absolute Gasteiger partial charge is 0.452 e. The maximum atomic E-state index is 13.5. The number of carbonyl (C=O) groups excluding carboxylic acids is 6. The van der Waals surface area contributed by atoms with Crippen LogP contribution < -0.4 is 21.3 Å². The molecule has 0 heterocycles. The van der Waals surface area contributed by atoms with Crippen molar-refractivity contribution < 1.29 is 64.2 Å². The van der Waals surface area contributed by atoms with E-state index in [-0.39, 0.29) is 50.3 Å². The van der Waals surface area contributed by atoms with Crippen molar-refractivity contribution in [1.29, 1.82) is 0 Å². The van der Waals surface area contributed by atoms with Crippen molar-refractivity contribution in [2.45, 2.75) is 119 Å². The molecule has 4 atom stereocenters. The molecule has 2 aliphatic rings. The Labute approximate surface area is 470 Å². The minimum Gasteiger partial charge on any atom is -0.452 e. The van der Waals surface area contributed by atoms with Gasteiger partial charge < -0.3 is 30.7 Å². The summed E-state index contributed by atoms with van der Waals surface area (Å²) < 4.78 is 73.3. The number of carbonyl (C=O) groups is 6. The third kappa shape index (κ3) is 25.5. The Bertz CT molecular complexity index is 2590. The molecule has 0 aliphatic heterocycles. The van der Waals surface area contributed by atoms with Gasteiger partial charge >= 0.3 is 24.0 Å². The fourth-order valence-electron chi connectivity index (χ4n) is 8.18. The summed E-state index contributed by atoms with van der Waals surface area (Å²) in [6.07, 6.45) is 29.7. The number of rotatable bonds is 28. The van der Waals surface area contributed by atoms with Gasteiger partial charge in [-0.15, -0.1) is 0 Å². The molecule has 0 aromatic rings. The van der Waals surface area contributed by atoms with Gasteiger partial charge in [0.1, 0.15) is 12.1 Å². The second-order valence-electron chi connectivity index (χ2n) is 20.3. The third-order valence-electron chi connectivity index (χ3n) is 12.5. The molecule has 18 nitrogen and oxygen atoms in total. The monoisotopic (exact) mass is 1160 g/mol. The van der Waals surface area contributed by atoms with Crippen LogP contribution in [0.4, 0.5) is 9.59 Å². The molecule has 0 fully saturated rings. The molecule has 0 spiro atoms. The molecule has 22 heteroatoms. The fraction of sp³-hybridized carbons (Fsp3) is 0.500. The van der Waals surface area contributed by atoms with Crippen LogP contribution >= 0.6 is 23.5 Å². The fourth-order valence-corrected chi connectivity index (χ4v) is 9.84. The second kappa shape index (κ2) is 32.5. The smallest absolute Gasteiger partial charge is 0.329 e. The average molecular weight is 1160 g/mol. The van der Waals surface area contributed by atoms with E-state index in [0.29, 0.717) is 22.7 Å². The van der Waals surface area contributed by atoms with Crippen LogP contribution in [0.2, 0.25) is 0 Å². The first-order chi connectivity index (χ1) is 36.3. The van der Waals surface area contributed by atoms with Crippen LogP contribution in [-0.4, -0.2) is 134 Å². The summed E-state index contributed by atoms with van der Waals surface area (Å²) >= 11 is 2.90. The number of amides is 4. The summed E-state index contributed by atoms with van der Waals surface area (Å²) in [7, 11) is -8.57. The normalized spacial score (nSPS) is 19.8. The Morgan fingerprint density at radius 2 is 0.910 bits per heavy atom. The van der Waals surface area contributed by atoms with Gasteiger partial charge in [0.25, 0.3) is 20.2 Å². The number of esters is 2. The summed E-state index contributed by atoms with van der Waals surface area (Å²) in [5.41, 5.74) is 5.40. The minimum absolute atomic E-state index is 0.215. The second-order valence-corrected chi connectivity index (χ2v) is 25.4. The van der Waals surface area contributed by atoms with Crippen molar-refractivity contribution in [2.24, 2.45) is 10.8 Å². The van der Waals surface area contributed by atoms with Crippen molar-refractivity contribution in [3.63, 3.8) is 0 Å². The van der Waals surface area contributed by atoms with E-state index in [4.69, 9.17) is 18.6 Å². The van der Waals surface area contributed by atoms with E-state index in [1.807, 2.05) is 153 Å². The molecule has 0 aromatic carbocycles. The topological polar surface area (TPSA) is 278 Å². The number of hydrogen-bond acceptors (Lipinski definition) is 14. The Hall–Kier alpha value is -5.52. The van der Waals surface area contributed by atoms with Gasteiger partial charge in [0.05, 0.1) is 11.5 Å². The summed E-state index contributed by atoms with van der Waals surface area (Å²) in [5, 5.41) is 9.56. The molecule has 6 N–H and O–H groups in total. The highest BCUT2D eigenvalue weighted by Gasteiger charge is 2.42. The molecule has 0 radical (unpaired) electrons. The zero-order chi connectivity index (χ0) is 59.0. The molecule has 0 bridgehead atoms. The van der Waals surface area contributed by atoms with Crippen LogP contribution in [0.5, 0.6) is 0 Å². The van der Waals surface area contributed by atoms with Crippen molar-refractivity contribution in [1.82, 2.24) is 21.3 Å². The van der Waals surface area contributed by atoms with Gasteiger partial charge in [0.15, 0.2) is 23.8 Å². The Morgan fingerprint density at radius 3 is 1.23 bits per heavy atom. The summed E-state index contributed by atoms with van der Waals surface area (Å²) in [6, 6.07) is -3.79. The molecule has 432 valence electrons. The predicted molar refractivity (Wildman–Crippen MR) is 312 cm³/mol. The molecule has 2 rings (SSSR count). The van der Waals surface area contributed by atoms with Crippen molar-refractivity contribution in [2.75, 3.05) is 48.6 Å².